The van der Waals surface area contributed by atoms with Crippen molar-refractivity contribution in [3.05, 3.63) is 27.7 Å². The number of hydrogen-bond donors (Lipinski definition) is 2. The third-order valence-electron chi connectivity index (χ3n) is 3.63. The smallest absolute Gasteiger partial charge is 0.142 e. The molecule has 2 rings (SSSR count). The van der Waals surface area contributed by atoms with Gasteiger partial charge in [-0.3, -0.25) is 0 Å². The molecule has 0 aromatic heterocycles. The van der Waals surface area contributed by atoms with Crippen molar-refractivity contribution in [1.29, 1.82) is 0 Å². The van der Waals surface area contributed by atoms with Gasteiger partial charge in [-0.25, -0.2) is 0 Å². The number of hydrogen-bond acceptors (Lipinski definition) is 3. The van der Waals surface area contributed by atoms with Gasteiger partial charge in [-0.05, 0) is 30.9 Å². The number of benzene rings is 1. The van der Waals surface area contributed by atoms with Crippen LogP contribution in [0, 0.1) is 5.92 Å². The van der Waals surface area contributed by atoms with Crippen molar-refractivity contribution in [3.8, 4) is 5.75 Å². The molecule has 0 spiro atoms. The molecule has 1 aromatic carbocycles. The maximum Gasteiger partial charge on any atom is 0.142 e. The summed E-state index contributed by atoms with van der Waals surface area (Å²) < 4.78 is 5.29. The molecule has 1 aromatic rings. The normalized spacial score (nSPS) is 22.7. The highest BCUT2D eigenvalue weighted by atomic mass is 35.5. The second-order valence-corrected chi connectivity index (χ2v) is 5.81. The van der Waals surface area contributed by atoms with Gasteiger partial charge in [0.05, 0.1) is 18.2 Å². The molecule has 1 aliphatic carbocycles. The maximum absolute atomic E-state index is 9.77. The monoisotopic (exact) mass is 303 g/mol. The van der Waals surface area contributed by atoms with Crippen LogP contribution in [0.25, 0.3) is 0 Å². The fraction of sp³-hybridized carbons (Fsp3) is 0.571. The van der Waals surface area contributed by atoms with Crippen LogP contribution in [0.1, 0.15) is 24.8 Å². The molecular formula is C14H19Cl2NO2. The van der Waals surface area contributed by atoms with Crippen molar-refractivity contribution in [2.75, 3.05) is 13.7 Å². The lowest BCUT2D eigenvalue weighted by molar-refractivity contribution is 0.131. The van der Waals surface area contributed by atoms with Crippen LogP contribution in [0.4, 0.5) is 0 Å². The van der Waals surface area contributed by atoms with E-state index in [1.807, 2.05) is 6.07 Å². The molecule has 0 amide bonds. The van der Waals surface area contributed by atoms with Crippen molar-refractivity contribution in [2.45, 2.75) is 31.9 Å². The number of aliphatic hydroxyl groups is 1. The van der Waals surface area contributed by atoms with Gasteiger partial charge in [0.25, 0.3) is 0 Å². The van der Waals surface area contributed by atoms with Gasteiger partial charge in [0.2, 0.25) is 0 Å². The third-order valence-corrected chi connectivity index (χ3v) is 4.13. The fourth-order valence-corrected chi connectivity index (χ4v) is 3.23. The van der Waals surface area contributed by atoms with Crippen LogP contribution in [0.5, 0.6) is 5.75 Å². The molecule has 0 aliphatic heterocycles. The zero-order chi connectivity index (χ0) is 13.8. The number of nitrogens with one attached hydrogen (secondary N) is 1. The van der Waals surface area contributed by atoms with E-state index >= 15 is 0 Å². The summed E-state index contributed by atoms with van der Waals surface area (Å²) in [6, 6.07) is 3.52. The molecule has 2 N–H and O–H groups in total. The van der Waals surface area contributed by atoms with Gasteiger partial charge < -0.3 is 15.2 Å². The van der Waals surface area contributed by atoms with E-state index in [-0.39, 0.29) is 6.10 Å². The topological polar surface area (TPSA) is 41.5 Å². The summed E-state index contributed by atoms with van der Waals surface area (Å²) >= 11 is 12.1. The largest absolute Gasteiger partial charge is 0.495 e. The zero-order valence-corrected chi connectivity index (χ0v) is 12.5. The second-order valence-electron chi connectivity index (χ2n) is 4.97. The zero-order valence-electron chi connectivity index (χ0n) is 11.0. The summed E-state index contributed by atoms with van der Waals surface area (Å²) in [5, 5.41) is 14.2. The van der Waals surface area contributed by atoms with Crippen molar-refractivity contribution in [3.63, 3.8) is 0 Å². The van der Waals surface area contributed by atoms with E-state index < -0.39 is 0 Å². The van der Waals surface area contributed by atoms with Gasteiger partial charge in [-0.15, -0.1) is 0 Å². The first-order valence-electron chi connectivity index (χ1n) is 6.52. The van der Waals surface area contributed by atoms with E-state index in [9.17, 15) is 5.11 Å². The molecule has 106 valence electrons. The molecule has 2 unspecified atom stereocenters. The quantitative estimate of drug-likeness (QED) is 0.877. The fourth-order valence-electron chi connectivity index (χ4n) is 2.62. The first-order chi connectivity index (χ1) is 9.11. The molecule has 2 atom stereocenters. The highest BCUT2D eigenvalue weighted by Gasteiger charge is 2.24. The summed E-state index contributed by atoms with van der Waals surface area (Å²) in [5.41, 5.74) is 0.937. The predicted molar refractivity (Wildman–Crippen MR) is 78.1 cm³/mol. The molecular weight excluding hydrogens is 285 g/mol. The molecule has 0 bridgehead atoms. The van der Waals surface area contributed by atoms with Crippen LogP contribution in [0.3, 0.4) is 0 Å². The first-order valence-corrected chi connectivity index (χ1v) is 7.28. The Hall–Kier alpha value is -0.480. The minimum atomic E-state index is -0.169. The summed E-state index contributed by atoms with van der Waals surface area (Å²) in [6.07, 6.45) is 2.94. The Morgan fingerprint density at radius 3 is 2.79 bits per heavy atom. The lowest BCUT2D eigenvalue weighted by atomic mass is 10.1. The molecule has 0 radical (unpaired) electrons. The minimum absolute atomic E-state index is 0.169. The number of ether oxygens (including phenoxy) is 1. The molecule has 5 heteroatoms. The number of halogens is 2. The summed E-state index contributed by atoms with van der Waals surface area (Å²) in [6.45, 7) is 1.43. The van der Waals surface area contributed by atoms with Crippen molar-refractivity contribution >= 4 is 23.2 Å². The van der Waals surface area contributed by atoms with Crippen LogP contribution in [-0.2, 0) is 6.54 Å². The molecule has 1 fully saturated rings. The Morgan fingerprint density at radius 2 is 2.16 bits per heavy atom. The molecule has 1 saturated carbocycles. The highest BCUT2D eigenvalue weighted by molar-refractivity contribution is 6.35. The molecule has 3 nitrogen and oxygen atoms in total. The van der Waals surface area contributed by atoms with Gasteiger partial charge in [-0.1, -0.05) is 29.6 Å². The summed E-state index contributed by atoms with van der Waals surface area (Å²) in [4.78, 5) is 0. The standard InChI is InChI=1S/C14H19Cl2NO2/c1-19-14-10(5-11(15)6-12(14)16)8-17-7-9-3-2-4-13(9)18/h5-6,9,13,17-18H,2-4,7-8H2,1H3. The van der Waals surface area contributed by atoms with E-state index in [0.717, 1.165) is 31.4 Å². The Labute approximate surface area is 123 Å². The Morgan fingerprint density at radius 1 is 1.37 bits per heavy atom. The van der Waals surface area contributed by atoms with Gasteiger partial charge in [0.15, 0.2) is 0 Å². The van der Waals surface area contributed by atoms with Crippen LogP contribution in [0.15, 0.2) is 12.1 Å². The van der Waals surface area contributed by atoms with Gasteiger partial charge in [-0.2, -0.15) is 0 Å². The Balaban J connectivity index is 1.95. The number of methoxy groups -OCH3 is 1. The van der Waals surface area contributed by atoms with E-state index in [1.165, 1.54) is 0 Å². The molecule has 0 saturated heterocycles. The third kappa shape index (κ3) is 3.76. The lowest BCUT2D eigenvalue weighted by Gasteiger charge is -2.16. The average molecular weight is 304 g/mol. The van der Waals surface area contributed by atoms with E-state index in [0.29, 0.717) is 28.3 Å². The second kappa shape index (κ2) is 6.80. The van der Waals surface area contributed by atoms with Crippen molar-refractivity contribution in [2.24, 2.45) is 5.92 Å². The highest BCUT2D eigenvalue weighted by Crippen LogP contribution is 2.32. The number of rotatable bonds is 5. The van der Waals surface area contributed by atoms with Gasteiger partial charge >= 0.3 is 0 Å². The van der Waals surface area contributed by atoms with Crippen LogP contribution in [-0.4, -0.2) is 24.9 Å². The SMILES string of the molecule is COc1c(Cl)cc(Cl)cc1CNCC1CCCC1O. The van der Waals surface area contributed by atoms with Crippen LogP contribution in [0.2, 0.25) is 10.0 Å². The van der Waals surface area contributed by atoms with Gasteiger partial charge in [0.1, 0.15) is 5.75 Å². The average Bonchev–Trinajstić information content (AvgIpc) is 2.75. The van der Waals surface area contributed by atoms with Crippen molar-refractivity contribution in [1.82, 2.24) is 5.32 Å². The van der Waals surface area contributed by atoms with Crippen LogP contribution < -0.4 is 10.1 Å². The van der Waals surface area contributed by atoms with E-state index in [4.69, 9.17) is 27.9 Å². The predicted octanol–water partition coefficient (Wildman–Crippen LogP) is 3.25. The summed E-state index contributed by atoms with van der Waals surface area (Å²) in [5.74, 6) is 1.01. The number of aliphatic hydroxyl groups excluding tert-OH is 1. The summed E-state index contributed by atoms with van der Waals surface area (Å²) in [7, 11) is 1.60. The molecule has 0 heterocycles. The Bertz CT molecular complexity index is 440. The lowest BCUT2D eigenvalue weighted by Crippen LogP contribution is -2.27. The van der Waals surface area contributed by atoms with Crippen molar-refractivity contribution < 1.29 is 9.84 Å². The van der Waals surface area contributed by atoms with E-state index in [1.54, 1.807) is 13.2 Å². The van der Waals surface area contributed by atoms with Gasteiger partial charge in [0, 0.05) is 23.7 Å². The van der Waals surface area contributed by atoms with Crippen LogP contribution >= 0.6 is 23.2 Å². The minimum Gasteiger partial charge on any atom is -0.495 e. The molecule has 1 aliphatic rings. The molecule has 19 heavy (non-hydrogen) atoms. The maximum atomic E-state index is 9.77. The Kier molecular flexibility index (Phi) is 5.34. The van der Waals surface area contributed by atoms with E-state index in [2.05, 4.69) is 5.32 Å². The first kappa shape index (κ1) is 14.9.